The quantitative estimate of drug-likeness (QED) is 0.739. The first-order valence-electron chi connectivity index (χ1n) is 7.68. The van der Waals surface area contributed by atoms with Crippen molar-refractivity contribution < 1.29 is 14.3 Å². The van der Waals surface area contributed by atoms with E-state index in [4.69, 9.17) is 4.74 Å². The first kappa shape index (κ1) is 18.0. The maximum Gasteiger partial charge on any atom is 0.407 e. The number of aromatic nitrogens is 2. The number of nitrogens with one attached hydrogen (secondary N) is 1. The lowest BCUT2D eigenvalue weighted by Crippen LogP contribution is -2.51. The van der Waals surface area contributed by atoms with Crippen molar-refractivity contribution in [2.75, 3.05) is 13.1 Å². The second-order valence-electron chi connectivity index (χ2n) is 6.68. The molecule has 1 fully saturated rings. The van der Waals surface area contributed by atoms with Crippen LogP contribution in [0.4, 0.5) is 4.79 Å². The van der Waals surface area contributed by atoms with Crippen molar-refractivity contribution >= 4 is 34.6 Å². The van der Waals surface area contributed by atoms with Gasteiger partial charge in [-0.3, -0.25) is 9.48 Å². The van der Waals surface area contributed by atoms with Gasteiger partial charge in [0.1, 0.15) is 12.1 Å². The summed E-state index contributed by atoms with van der Waals surface area (Å²) in [6.07, 6.45) is 4.83. The first-order valence-corrected chi connectivity index (χ1v) is 8.76. The van der Waals surface area contributed by atoms with Crippen LogP contribution in [0.3, 0.4) is 0 Å². The van der Waals surface area contributed by atoms with Crippen LogP contribution in [0.15, 0.2) is 12.4 Å². The molecule has 0 unspecified atom stereocenters. The van der Waals surface area contributed by atoms with E-state index in [0.717, 1.165) is 16.4 Å². The third-order valence-electron chi connectivity index (χ3n) is 3.39. The molecule has 1 N–H and O–H groups in total. The van der Waals surface area contributed by atoms with Gasteiger partial charge in [-0.25, -0.2) is 4.79 Å². The minimum atomic E-state index is -0.522. The van der Waals surface area contributed by atoms with Crippen LogP contribution >= 0.6 is 22.6 Å². The number of ether oxygens (including phenoxy) is 1. The molecular formula is C15H23IN4O3. The Bertz CT molecular complexity index is 567. The molecule has 128 valence electrons. The van der Waals surface area contributed by atoms with Crippen molar-refractivity contribution in [2.45, 2.75) is 51.8 Å². The summed E-state index contributed by atoms with van der Waals surface area (Å²) in [5.74, 6) is 0.0141. The molecule has 1 atom stereocenters. The molecular weight excluding hydrogens is 411 g/mol. The van der Waals surface area contributed by atoms with Gasteiger partial charge in [-0.05, 0) is 56.2 Å². The predicted octanol–water partition coefficient (Wildman–Crippen LogP) is 2.00. The lowest BCUT2D eigenvalue weighted by Gasteiger charge is -2.33. The van der Waals surface area contributed by atoms with Crippen LogP contribution in [0.1, 0.15) is 33.6 Å². The van der Waals surface area contributed by atoms with Crippen molar-refractivity contribution in [3.63, 3.8) is 0 Å². The summed E-state index contributed by atoms with van der Waals surface area (Å²) in [6.45, 7) is 6.93. The van der Waals surface area contributed by atoms with E-state index in [2.05, 4.69) is 33.0 Å². The Kier molecular flexibility index (Phi) is 5.88. The fourth-order valence-electron chi connectivity index (χ4n) is 2.46. The highest BCUT2D eigenvalue weighted by atomic mass is 127. The number of rotatable bonds is 3. The van der Waals surface area contributed by atoms with E-state index in [1.165, 1.54) is 0 Å². The molecule has 0 aromatic carbocycles. The van der Waals surface area contributed by atoms with Gasteiger partial charge >= 0.3 is 6.09 Å². The highest BCUT2D eigenvalue weighted by Gasteiger charge is 2.26. The summed E-state index contributed by atoms with van der Waals surface area (Å²) in [5.41, 5.74) is -0.522. The number of likely N-dealkylation sites (tertiary alicyclic amines) is 1. The van der Waals surface area contributed by atoms with Crippen molar-refractivity contribution in [3.8, 4) is 0 Å². The molecule has 1 aliphatic heterocycles. The topological polar surface area (TPSA) is 76.5 Å². The number of carbonyl (C=O) groups excluding carboxylic acids is 2. The van der Waals surface area contributed by atoms with E-state index in [-0.39, 0.29) is 18.5 Å². The monoisotopic (exact) mass is 434 g/mol. The van der Waals surface area contributed by atoms with Crippen molar-refractivity contribution in [3.05, 3.63) is 16.0 Å². The highest BCUT2D eigenvalue weighted by molar-refractivity contribution is 14.1. The maximum absolute atomic E-state index is 12.4. The van der Waals surface area contributed by atoms with Crippen LogP contribution in [0, 0.1) is 3.57 Å². The Labute approximate surface area is 149 Å². The van der Waals surface area contributed by atoms with Crippen LogP contribution in [-0.4, -0.2) is 51.4 Å². The molecule has 23 heavy (non-hydrogen) atoms. The van der Waals surface area contributed by atoms with Crippen LogP contribution in [0.5, 0.6) is 0 Å². The number of halogens is 1. The molecule has 2 heterocycles. The average molecular weight is 434 g/mol. The van der Waals surface area contributed by atoms with Crippen LogP contribution in [-0.2, 0) is 16.1 Å². The normalized spacial score (nSPS) is 18.6. The van der Waals surface area contributed by atoms with Crippen LogP contribution in [0.25, 0.3) is 0 Å². The van der Waals surface area contributed by atoms with Crippen LogP contribution in [0.2, 0.25) is 0 Å². The fraction of sp³-hybridized carbons (Fsp3) is 0.667. The van der Waals surface area contributed by atoms with Gasteiger partial charge in [-0.2, -0.15) is 5.10 Å². The van der Waals surface area contributed by atoms with Gasteiger partial charge in [0.15, 0.2) is 0 Å². The minimum absolute atomic E-state index is 0.0141. The summed E-state index contributed by atoms with van der Waals surface area (Å²) in [4.78, 5) is 26.0. The average Bonchev–Trinajstić information content (AvgIpc) is 2.82. The zero-order valence-corrected chi connectivity index (χ0v) is 15.9. The van der Waals surface area contributed by atoms with E-state index in [1.807, 2.05) is 27.0 Å². The molecule has 2 amide bonds. The molecule has 8 heteroatoms. The Morgan fingerprint density at radius 1 is 1.48 bits per heavy atom. The molecule has 0 spiro atoms. The fourth-order valence-corrected chi connectivity index (χ4v) is 2.91. The molecule has 0 radical (unpaired) electrons. The smallest absolute Gasteiger partial charge is 0.407 e. The van der Waals surface area contributed by atoms with E-state index in [0.29, 0.717) is 13.1 Å². The van der Waals surface area contributed by atoms with E-state index < -0.39 is 11.7 Å². The lowest BCUT2D eigenvalue weighted by molar-refractivity contribution is -0.133. The maximum atomic E-state index is 12.4. The SMILES string of the molecule is CC(C)(C)OC(=O)N[C@@H]1CCCN(C(=O)Cn2cc(I)cn2)C1. The molecule has 2 rings (SSSR count). The van der Waals surface area contributed by atoms with Gasteiger partial charge in [-0.1, -0.05) is 0 Å². The Balaban J connectivity index is 1.85. The minimum Gasteiger partial charge on any atom is -0.444 e. The number of carbonyl (C=O) groups is 2. The van der Waals surface area contributed by atoms with Gasteiger partial charge in [0, 0.05) is 25.3 Å². The Morgan fingerprint density at radius 2 is 2.22 bits per heavy atom. The lowest BCUT2D eigenvalue weighted by atomic mass is 10.1. The number of hydrogen-bond acceptors (Lipinski definition) is 4. The summed E-state index contributed by atoms with van der Waals surface area (Å²) in [5, 5.41) is 6.98. The van der Waals surface area contributed by atoms with Crippen molar-refractivity contribution in [1.82, 2.24) is 20.0 Å². The standard InChI is InChI=1S/C15H23IN4O3/c1-15(2,3)23-14(22)18-12-5-4-6-19(9-12)13(21)10-20-8-11(16)7-17-20/h7-8,12H,4-6,9-10H2,1-3H3,(H,18,22)/t12-/m1/s1. The number of alkyl carbamates (subject to hydrolysis) is 1. The number of piperidine rings is 1. The number of hydrogen-bond donors (Lipinski definition) is 1. The van der Waals surface area contributed by atoms with Gasteiger partial charge < -0.3 is 15.0 Å². The molecule has 7 nitrogen and oxygen atoms in total. The van der Waals surface area contributed by atoms with E-state index in [1.54, 1.807) is 15.8 Å². The summed E-state index contributed by atoms with van der Waals surface area (Å²) in [7, 11) is 0. The largest absolute Gasteiger partial charge is 0.444 e. The molecule has 0 aliphatic carbocycles. The Hall–Kier alpha value is -1.32. The summed E-state index contributed by atoms with van der Waals surface area (Å²) in [6, 6.07) is -0.0692. The molecule has 1 aliphatic rings. The Morgan fingerprint density at radius 3 is 2.83 bits per heavy atom. The van der Waals surface area contributed by atoms with E-state index in [9.17, 15) is 9.59 Å². The predicted molar refractivity (Wildman–Crippen MR) is 93.9 cm³/mol. The summed E-state index contributed by atoms with van der Waals surface area (Å²) < 4.78 is 7.90. The highest BCUT2D eigenvalue weighted by Crippen LogP contribution is 2.13. The third kappa shape index (κ3) is 6.00. The van der Waals surface area contributed by atoms with Gasteiger partial charge in [0.05, 0.1) is 9.77 Å². The zero-order chi connectivity index (χ0) is 17.0. The molecule has 1 aromatic heterocycles. The zero-order valence-electron chi connectivity index (χ0n) is 13.7. The van der Waals surface area contributed by atoms with Crippen molar-refractivity contribution in [1.29, 1.82) is 0 Å². The molecule has 1 aromatic rings. The number of nitrogens with zero attached hydrogens (tertiary/aromatic N) is 3. The van der Waals surface area contributed by atoms with Gasteiger partial charge in [0.2, 0.25) is 5.91 Å². The van der Waals surface area contributed by atoms with Crippen LogP contribution < -0.4 is 5.32 Å². The molecule has 0 bridgehead atoms. The van der Waals surface area contributed by atoms with Crippen molar-refractivity contribution in [2.24, 2.45) is 0 Å². The number of amides is 2. The molecule has 0 saturated carbocycles. The van der Waals surface area contributed by atoms with Gasteiger partial charge in [-0.15, -0.1) is 0 Å². The second kappa shape index (κ2) is 7.50. The van der Waals surface area contributed by atoms with Gasteiger partial charge in [0.25, 0.3) is 0 Å². The van der Waals surface area contributed by atoms with E-state index >= 15 is 0 Å². The summed E-state index contributed by atoms with van der Waals surface area (Å²) >= 11 is 2.16. The molecule has 1 saturated heterocycles. The second-order valence-corrected chi connectivity index (χ2v) is 7.93. The first-order chi connectivity index (χ1) is 10.7. The third-order valence-corrected chi connectivity index (χ3v) is 3.95.